The molecule has 0 saturated heterocycles. The summed E-state index contributed by atoms with van der Waals surface area (Å²) in [7, 11) is 0. The first-order chi connectivity index (χ1) is 15.9. The second kappa shape index (κ2) is 9.14. The van der Waals surface area contributed by atoms with Crippen LogP contribution in [0, 0.1) is 40.9 Å². The molecule has 0 radical (unpaired) electrons. The molecule has 5 unspecified atom stereocenters. The first-order valence-electron chi connectivity index (χ1n) is 13.2. The van der Waals surface area contributed by atoms with Crippen LogP contribution in [0.25, 0.3) is 0 Å². The number of nitrogens with two attached hydrogens (primary N) is 1. The number of hydrogen-bond acceptors (Lipinski definition) is 6. The number of hydrogen-bond donors (Lipinski definition) is 2. The molecule has 0 aliphatic heterocycles. The van der Waals surface area contributed by atoms with Crippen LogP contribution in [0.1, 0.15) is 83.9 Å². The number of carbonyl (C=O) groups is 1. The number of nitrogens with zero attached hydrogens (tertiary/aromatic N) is 3. The molecule has 3 fully saturated rings. The lowest BCUT2D eigenvalue weighted by Crippen LogP contribution is -2.52. The predicted octanol–water partition coefficient (Wildman–Crippen LogP) is 4.17. The normalized spacial score (nSPS) is 35.9. The molecular weight excluding hydrogens is 414 g/mol. The van der Waals surface area contributed by atoms with Crippen LogP contribution in [0.5, 0.6) is 0 Å². The predicted molar refractivity (Wildman–Crippen MR) is 126 cm³/mol. The number of fused-ring (bicyclic) bond motifs is 5. The van der Waals surface area contributed by atoms with Gasteiger partial charge in [-0.15, -0.1) is 5.10 Å². The standard InChI is InChI=1S/C26H41N5O2/c1-4-19(31-14-18(13-27)28-30-31)15-33-29-23-12-17-9-10-21-20-7-5-6-16(20)8-11-22(21)24(17)25(32)26(23,2)3/h12,14,16-17,19-22,24,29H,4-11,13,15,27H2,1-3H3/t16-,17?,19?,20?,21?,22?,24-/m0/s1. The number of allylic oxidation sites excluding steroid dienone is 2. The molecule has 7 heteroatoms. The lowest BCUT2D eigenvalue weighted by atomic mass is 9.52. The zero-order valence-electron chi connectivity index (χ0n) is 20.5. The molecule has 5 rings (SSSR count). The highest BCUT2D eigenvalue weighted by Gasteiger charge is 2.54. The van der Waals surface area contributed by atoms with Gasteiger partial charge < -0.3 is 5.73 Å². The van der Waals surface area contributed by atoms with Gasteiger partial charge in [0, 0.05) is 18.2 Å². The van der Waals surface area contributed by atoms with Gasteiger partial charge in [0.1, 0.15) is 5.78 Å². The van der Waals surface area contributed by atoms with Crippen molar-refractivity contribution >= 4 is 5.78 Å². The molecule has 7 atom stereocenters. The molecule has 0 spiro atoms. The average Bonchev–Trinajstić information content (AvgIpc) is 3.49. The fourth-order valence-corrected chi connectivity index (χ4v) is 7.57. The van der Waals surface area contributed by atoms with Gasteiger partial charge in [0.15, 0.2) is 0 Å². The maximum Gasteiger partial charge on any atom is 0.148 e. The van der Waals surface area contributed by atoms with E-state index in [9.17, 15) is 4.79 Å². The van der Waals surface area contributed by atoms with E-state index in [0.29, 0.717) is 30.8 Å². The van der Waals surface area contributed by atoms with Gasteiger partial charge in [-0.05, 0) is 82.0 Å². The smallest absolute Gasteiger partial charge is 0.148 e. The molecule has 3 N–H and O–H groups in total. The van der Waals surface area contributed by atoms with E-state index in [0.717, 1.165) is 42.0 Å². The van der Waals surface area contributed by atoms with Crippen LogP contribution in [0.15, 0.2) is 18.0 Å². The van der Waals surface area contributed by atoms with E-state index in [-0.39, 0.29) is 12.0 Å². The van der Waals surface area contributed by atoms with Gasteiger partial charge in [0.25, 0.3) is 0 Å². The van der Waals surface area contributed by atoms with Gasteiger partial charge in [-0.25, -0.2) is 4.68 Å². The molecule has 4 aliphatic carbocycles. The Morgan fingerprint density at radius 1 is 1.18 bits per heavy atom. The summed E-state index contributed by atoms with van der Waals surface area (Å²) in [6.45, 7) is 7.08. The summed E-state index contributed by atoms with van der Waals surface area (Å²) in [5, 5.41) is 8.28. The van der Waals surface area contributed by atoms with Crippen molar-refractivity contribution < 1.29 is 9.63 Å². The van der Waals surface area contributed by atoms with Crippen LogP contribution in [-0.4, -0.2) is 27.4 Å². The topological polar surface area (TPSA) is 95.1 Å². The molecule has 1 aromatic rings. The molecule has 182 valence electrons. The number of carbonyl (C=O) groups excluding carboxylic acids is 1. The lowest BCUT2D eigenvalue weighted by Gasteiger charge is -2.52. The highest BCUT2D eigenvalue weighted by Crippen LogP contribution is 2.58. The van der Waals surface area contributed by atoms with Crippen molar-refractivity contribution in [3.63, 3.8) is 0 Å². The van der Waals surface area contributed by atoms with E-state index in [1.165, 1.54) is 38.5 Å². The van der Waals surface area contributed by atoms with Crippen LogP contribution in [0.3, 0.4) is 0 Å². The molecular formula is C26H41N5O2. The Balaban J connectivity index is 1.27. The van der Waals surface area contributed by atoms with E-state index in [2.05, 4.69) is 42.6 Å². The SMILES string of the molecule is CCC(CONC1=CC2CCC3C4CCC[C@H]4CCC3[C@H]2C(=O)C1(C)C)n1cc(CN)nn1. The van der Waals surface area contributed by atoms with Crippen LogP contribution < -0.4 is 11.2 Å². The monoisotopic (exact) mass is 455 g/mol. The Labute approximate surface area is 197 Å². The van der Waals surface area contributed by atoms with Crippen molar-refractivity contribution in [3.8, 4) is 0 Å². The van der Waals surface area contributed by atoms with Gasteiger partial charge in [-0.2, -0.15) is 0 Å². The third kappa shape index (κ3) is 4.05. The zero-order valence-corrected chi connectivity index (χ0v) is 20.5. The molecule has 7 nitrogen and oxygen atoms in total. The second-order valence-electron chi connectivity index (χ2n) is 11.5. The van der Waals surface area contributed by atoms with Gasteiger partial charge in [-0.1, -0.05) is 31.1 Å². The van der Waals surface area contributed by atoms with Crippen LogP contribution in [-0.2, 0) is 16.2 Å². The number of rotatable bonds is 7. The van der Waals surface area contributed by atoms with Crippen molar-refractivity contribution in [2.45, 2.75) is 84.7 Å². The third-order valence-electron chi connectivity index (χ3n) is 9.49. The summed E-state index contributed by atoms with van der Waals surface area (Å²) in [6, 6.07) is 0.0677. The van der Waals surface area contributed by atoms with Gasteiger partial charge >= 0.3 is 0 Å². The van der Waals surface area contributed by atoms with Crippen LogP contribution in [0.2, 0.25) is 0 Å². The van der Waals surface area contributed by atoms with Crippen molar-refractivity contribution in [2.24, 2.45) is 46.7 Å². The number of ketones is 1. The first kappa shape index (κ1) is 23.0. The largest absolute Gasteiger partial charge is 0.325 e. The fourth-order valence-electron chi connectivity index (χ4n) is 7.57. The van der Waals surface area contributed by atoms with E-state index < -0.39 is 5.41 Å². The zero-order chi connectivity index (χ0) is 23.2. The fraction of sp³-hybridized carbons (Fsp3) is 0.808. The van der Waals surface area contributed by atoms with E-state index in [4.69, 9.17) is 10.6 Å². The lowest BCUT2D eigenvalue weighted by molar-refractivity contribution is -0.140. The number of aromatic nitrogens is 3. The molecule has 0 aromatic carbocycles. The second-order valence-corrected chi connectivity index (χ2v) is 11.5. The molecule has 1 heterocycles. The highest BCUT2D eigenvalue weighted by atomic mass is 16.6. The minimum absolute atomic E-state index is 0.0677. The first-order valence-corrected chi connectivity index (χ1v) is 13.2. The van der Waals surface area contributed by atoms with Gasteiger partial charge in [0.2, 0.25) is 0 Å². The molecule has 3 saturated carbocycles. The molecule has 0 bridgehead atoms. The van der Waals surface area contributed by atoms with Crippen LogP contribution in [0.4, 0.5) is 0 Å². The summed E-state index contributed by atoms with van der Waals surface area (Å²) >= 11 is 0. The number of Topliss-reactive ketones (excluding diaryl/α,β-unsaturated/α-hetero) is 1. The minimum atomic E-state index is -0.544. The summed E-state index contributed by atoms with van der Waals surface area (Å²) in [5.41, 5.74) is 10.0. The number of nitrogens with one attached hydrogen (secondary N) is 1. The van der Waals surface area contributed by atoms with Crippen molar-refractivity contribution in [3.05, 3.63) is 23.7 Å². The molecule has 33 heavy (non-hydrogen) atoms. The van der Waals surface area contributed by atoms with Crippen molar-refractivity contribution in [1.82, 2.24) is 20.5 Å². The summed E-state index contributed by atoms with van der Waals surface area (Å²) < 4.78 is 1.83. The van der Waals surface area contributed by atoms with E-state index >= 15 is 0 Å². The Morgan fingerprint density at radius 2 is 2.00 bits per heavy atom. The Bertz CT molecular complexity index is 893. The molecule has 1 aromatic heterocycles. The van der Waals surface area contributed by atoms with Crippen molar-refractivity contribution in [1.29, 1.82) is 0 Å². The number of hydroxylamine groups is 1. The Kier molecular flexibility index (Phi) is 6.38. The minimum Gasteiger partial charge on any atom is -0.325 e. The quantitative estimate of drug-likeness (QED) is 0.599. The van der Waals surface area contributed by atoms with Gasteiger partial charge in [0.05, 0.1) is 30.0 Å². The third-order valence-corrected chi connectivity index (χ3v) is 9.49. The van der Waals surface area contributed by atoms with Crippen molar-refractivity contribution in [2.75, 3.05) is 6.61 Å². The maximum atomic E-state index is 13.9. The summed E-state index contributed by atoms with van der Waals surface area (Å²) in [5.74, 6) is 4.14. The Hall–Kier alpha value is -1.73. The molecule has 0 amide bonds. The molecule has 4 aliphatic rings. The highest BCUT2D eigenvalue weighted by molar-refractivity contribution is 5.91. The Morgan fingerprint density at radius 3 is 2.76 bits per heavy atom. The van der Waals surface area contributed by atoms with Crippen LogP contribution >= 0.6 is 0 Å². The van der Waals surface area contributed by atoms with E-state index in [1.54, 1.807) is 0 Å². The summed E-state index contributed by atoms with van der Waals surface area (Å²) in [4.78, 5) is 19.8. The van der Waals surface area contributed by atoms with Gasteiger partial charge in [-0.3, -0.25) is 15.1 Å². The van der Waals surface area contributed by atoms with E-state index in [1.807, 2.05) is 10.9 Å². The summed E-state index contributed by atoms with van der Waals surface area (Å²) in [6.07, 6.45) is 14.3. The average molecular weight is 456 g/mol. The maximum absolute atomic E-state index is 13.9.